The van der Waals surface area contributed by atoms with Crippen LogP contribution in [-0.4, -0.2) is 19.0 Å². The predicted octanol–water partition coefficient (Wildman–Crippen LogP) is 5.35. The molecule has 0 atom stereocenters. The summed E-state index contributed by atoms with van der Waals surface area (Å²) in [6, 6.07) is 11.2. The standard InChI is InChI=1S/C23H24O4/c1-5-25-18-8-6-17(7-9-18)14-21-22(24)19-10-11-20(16(4)23(19)27-21)26-13-12-15(2)3/h6-12,14H,5,13H2,1-4H3/b21-14-. The van der Waals surface area contributed by atoms with Gasteiger partial charge in [-0.3, -0.25) is 4.79 Å². The molecule has 4 heteroatoms. The van der Waals surface area contributed by atoms with Crippen LogP contribution in [0.2, 0.25) is 0 Å². The maximum atomic E-state index is 12.7. The number of benzene rings is 2. The Balaban J connectivity index is 1.81. The Kier molecular flexibility index (Phi) is 5.65. The summed E-state index contributed by atoms with van der Waals surface area (Å²) in [5, 5.41) is 0. The lowest BCUT2D eigenvalue weighted by molar-refractivity contribution is 0.101. The summed E-state index contributed by atoms with van der Waals surface area (Å²) in [5.74, 6) is 2.31. The van der Waals surface area contributed by atoms with Crippen LogP contribution in [0.25, 0.3) is 6.08 Å². The van der Waals surface area contributed by atoms with Gasteiger partial charge in [0.2, 0.25) is 5.78 Å². The summed E-state index contributed by atoms with van der Waals surface area (Å²) in [7, 11) is 0. The minimum Gasteiger partial charge on any atom is -0.494 e. The summed E-state index contributed by atoms with van der Waals surface area (Å²) < 4.78 is 17.1. The zero-order valence-corrected chi connectivity index (χ0v) is 16.2. The van der Waals surface area contributed by atoms with Gasteiger partial charge in [-0.2, -0.15) is 0 Å². The smallest absolute Gasteiger partial charge is 0.231 e. The van der Waals surface area contributed by atoms with Crippen molar-refractivity contribution < 1.29 is 19.0 Å². The van der Waals surface area contributed by atoms with E-state index in [4.69, 9.17) is 14.2 Å². The number of allylic oxidation sites excluding steroid dienone is 2. The number of ketones is 1. The first kappa shape index (κ1) is 18.8. The van der Waals surface area contributed by atoms with E-state index in [-0.39, 0.29) is 5.78 Å². The highest BCUT2D eigenvalue weighted by Crippen LogP contribution is 2.39. The molecule has 0 radical (unpaired) electrons. The molecule has 0 unspecified atom stereocenters. The van der Waals surface area contributed by atoms with E-state index in [0.29, 0.717) is 30.3 Å². The first-order valence-corrected chi connectivity index (χ1v) is 9.06. The van der Waals surface area contributed by atoms with E-state index in [2.05, 4.69) is 0 Å². The Morgan fingerprint density at radius 1 is 1.07 bits per heavy atom. The van der Waals surface area contributed by atoms with Crippen molar-refractivity contribution in [1.82, 2.24) is 0 Å². The third-order valence-electron chi connectivity index (χ3n) is 4.26. The number of carbonyl (C=O) groups excluding carboxylic acids is 1. The number of fused-ring (bicyclic) bond motifs is 1. The molecule has 1 aliphatic rings. The number of hydrogen-bond acceptors (Lipinski definition) is 4. The van der Waals surface area contributed by atoms with Gasteiger partial charge in [0.25, 0.3) is 0 Å². The molecule has 0 spiro atoms. The molecule has 0 saturated heterocycles. The average Bonchev–Trinajstić information content (AvgIpc) is 2.95. The second kappa shape index (κ2) is 8.12. The monoisotopic (exact) mass is 364 g/mol. The van der Waals surface area contributed by atoms with Crippen LogP contribution < -0.4 is 14.2 Å². The first-order chi connectivity index (χ1) is 13.0. The van der Waals surface area contributed by atoms with Crippen molar-refractivity contribution in [2.75, 3.05) is 13.2 Å². The van der Waals surface area contributed by atoms with Crippen molar-refractivity contribution in [2.24, 2.45) is 0 Å². The Bertz CT molecular complexity index is 901. The van der Waals surface area contributed by atoms with Gasteiger partial charge in [0.15, 0.2) is 5.76 Å². The maximum absolute atomic E-state index is 12.7. The molecular formula is C23H24O4. The molecule has 1 aliphatic heterocycles. The highest BCUT2D eigenvalue weighted by atomic mass is 16.5. The fourth-order valence-electron chi connectivity index (χ4n) is 2.80. The zero-order valence-electron chi connectivity index (χ0n) is 16.2. The lowest BCUT2D eigenvalue weighted by Gasteiger charge is -2.10. The Morgan fingerprint density at radius 2 is 1.81 bits per heavy atom. The van der Waals surface area contributed by atoms with E-state index >= 15 is 0 Å². The molecule has 2 aromatic carbocycles. The fourth-order valence-corrected chi connectivity index (χ4v) is 2.80. The van der Waals surface area contributed by atoms with Crippen LogP contribution in [0.4, 0.5) is 0 Å². The van der Waals surface area contributed by atoms with E-state index in [1.54, 1.807) is 12.1 Å². The van der Waals surface area contributed by atoms with Crippen LogP contribution in [0.1, 0.15) is 42.3 Å². The van der Waals surface area contributed by atoms with Crippen molar-refractivity contribution in [3.05, 3.63) is 70.5 Å². The lowest BCUT2D eigenvalue weighted by atomic mass is 10.1. The van der Waals surface area contributed by atoms with E-state index in [9.17, 15) is 4.79 Å². The van der Waals surface area contributed by atoms with Gasteiger partial charge in [0.1, 0.15) is 23.9 Å². The van der Waals surface area contributed by atoms with E-state index in [1.165, 1.54) is 5.57 Å². The Labute approximate surface area is 160 Å². The van der Waals surface area contributed by atoms with Gasteiger partial charge in [0, 0.05) is 5.56 Å². The minimum atomic E-state index is -0.113. The second-order valence-electron chi connectivity index (χ2n) is 6.60. The van der Waals surface area contributed by atoms with Crippen LogP contribution in [0.3, 0.4) is 0 Å². The highest BCUT2D eigenvalue weighted by molar-refractivity contribution is 6.14. The number of ether oxygens (including phenoxy) is 3. The number of carbonyl (C=O) groups is 1. The van der Waals surface area contributed by atoms with Crippen molar-refractivity contribution in [3.63, 3.8) is 0 Å². The van der Waals surface area contributed by atoms with Crippen LogP contribution in [0.5, 0.6) is 17.2 Å². The van der Waals surface area contributed by atoms with Crippen molar-refractivity contribution >= 4 is 11.9 Å². The number of hydrogen-bond donors (Lipinski definition) is 0. The first-order valence-electron chi connectivity index (χ1n) is 9.06. The highest BCUT2D eigenvalue weighted by Gasteiger charge is 2.30. The minimum absolute atomic E-state index is 0.113. The summed E-state index contributed by atoms with van der Waals surface area (Å²) in [6.07, 6.45) is 3.76. The van der Waals surface area contributed by atoms with Crippen molar-refractivity contribution in [2.45, 2.75) is 27.7 Å². The molecule has 0 bridgehead atoms. The van der Waals surface area contributed by atoms with E-state index in [0.717, 1.165) is 22.6 Å². The average molecular weight is 364 g/mol. The molecule has 27 heavy (non-hydrogen) atoms. The van der Waals surface area contributed by atoms with Gasteiger partial charge in [0.05, 0.1) is 12.2 Å². The van der Waals surface area contributed by atoms with Crippen LogP contribution in [0.15, 0.2) is 53.8 Å². The van der Waals surface area contributed by atoms with Gasteiger partial charge < -0.3 is 14.2 Å². The third kappa shape index (κ3) is 4.22. The van der Waals surface area contributed by atoms with E-state index in [1.807, 2.05) is 64.1 Å². The molecule has 1 heterocycles. The fraction of sp³-hybridized carbons (Fsp3) is 0.261. The molecule has 0 amide bonds. The number of Topliss-reactive ketones (excluding diaryl/α,β-unsaturated/α-hetero) is 1. The summed E-state index contributed by atoms with van der Waals surface area (Å²) >= 11 is 0. The molecule has 0 N–H and O–H groups in total. The quantitative estimate of drug-likeness (QED) is 0.512. The third-order valence-corrected chi connectivity index (χ3v) is 4.26. The van der Waals surface area contributed by atoms with Gasteiger partial charge >= 0.3 is 0 Å². The Hall–Kier alpha value is -3.01. The SMILES string of the molecule is CCOc1ccc(/C=C2\Oc3c(ccc(OCC=C(C)C)c3C)C2=O)cc1. The van der Waals surface area contributed by atoms with Crippen LogP contribution in [0, 0.1) is 6.92 Å². The molecule has 2 aromatic rings. The van der Waals surface area contributed by atoms with Crippen LogP contribution >= 0.6 is 0 Å². The summed E-state index contributed by atoms with van der Waals surface area (Å²) in [5.41, 5.74) is 3.48. The molecule has 4 nitrogen and oxygen atoms in total. The van der Waals surface area contributed by atoms with Gasteiger partial charge in [-0.25, -0.2) is 0 Å². The van der Waals surface area contributed by atoms with Gasteiger partial charge in [-0.05, 0) is 69.7 Å². The normalized spacial score (nSPS) is 13.9. The molecule has 0 aliphatic carbocycles. The van der Waals surface area contributed by atoms with Gasteiger partial charge in [-0.15, -0.1) is 0 Å². The van der Waals surface area contributed by atoms with Crippen molar-refractivity contribution in [1.29, 1.82) is 0 Å². The Morgan fingerprint density at radius 3 is 2.48 bits per heavy atom. The zero-order chi connectivity index (χ0) is 19.4. The largest absolute Gasteiger partial charge is 0.494 e. The summed E-state index contributed by atoms with van der Waals surface area (Å²) in [4.78, 5) is 12.7. The molecule has 3 rings (SSSR count). The van der Waals surface area contributed by atoms with Crippen molar-refractivity contribution in [3.8, 4) is 17.2 Å². The molecule has 0 aromatic heterocycles. The topological polar surface area (TPSA) is 44.8 Å². The number of rotatable bonds is 6. The molecule has 0 saturated carbocycles. The molecule has 140 valence electrons. The molecule has 0 fully saturated rings. The summed E-state index contributed by atoms with van der Waals surface area (Å²) in [6.45, 7) is 9.01. The lowest BCUT2D eigenvalue weighted by Crippen LogP contribution is -1.98. The predicted molar refractivity (Wildman–Crippen MR) is 107 cm³/mol. The van der Waals surface area contributed by atoms with Crippen LogP contribution in [-0.2, 0) is 0 Å². The maximum Gasteiger partial charge on any atom is 0.231 e. The van der Waals surface area contributed by atoms with E-state index < -0.39 is 0 Å². The molecular weight excluding hydrogens is 340 g/mol. The second-order valence-corrected chi connectivity index (χ2v) is 6.60. The van der Waals surface area contributed by atoms with Gasteiger partial charge in [-0.1, -0.05) is 17.7 Å².